The Morgan fingerprint density at radius 2 is 2.18 bits per heavy atom. The zero-order valence-electron chi connectivity index (χ0n) is 9.85. The summed E-state index contributed by atoms with van der Waals surface area (Å²) in [5.74, 6) is -1.15. The molecular weight excluding hydrogens is 224 g/mol. The maximum Gasteiger partial charge on any atom is 0.186 e. The molecule has 2 rings (SSSR count). The summed E-state index contributed by atoms with van der Waals surface area (Å²) in [6.07, 6.45) is 1.00. The van der Waals surface area contributed by atoms with Gasteiger partial charge in [0.1, 0.15) is 11.3 Å². The Hall–Kier alpha value is -1.49. The van der Waals surface area contributed by atoms with Crippen molar-refractivity contribution in [3.63, 3.8) is 0 Å². The van der Waals surface area contributed by atoms with E-state index in [4.69, 9.17) is 0 Å². The molecule has 17 heavy (non-hydrogen) atoms. The largest absolute Gasteiger partial charge is 0.341 e. The van der Waals surface area contributed by atoms with E-state index < -0.39 is 11.6 Å². The molecule has 0 amide bonds. The van der Waals surface area contributed by atoms with Gasteiger partial charge in [0.05, 0.1) is 12.1 Å². The Labute approximate surface area is 98.2 Å². The molecule has 0 saturated carbocycles. The molecule has 2 N–H and O–H groups in total. The van der Waals surface area contributed by atoms with E-state index in [1.54, 1.807) is 0 Å². The number of benzene rings is 1. The normalized spacial score (nSPS) is 13.2. The highest BCUT2D eigenvalue weighted by Gasteiger charge is 2.11. The smallest absolute Gasteiger partial charge is 0.186 e. The first-order valence-corrected chi connectivity index (χ1v) is 5.67. The number of H-pyrrole nitrogens is 1. The molecule has 0 fully saturated rings. The van der Waals surface area contributed by atoms with Crippen molar-refractivity contribution in [2.75, 3.05) is 0 Å². The highest BCUT2D eigenvalue weighted by atomic mass is 19.2. The van der Waals surface area contributed by atoms with Gasteiger partial charge in [-0.05, 0) is 25.5 Å². The molecule has 3 nitrogen and oxygen atoms in total. The highest BCUT2D eigenvalue weighted by molar-refractivity contribution is 5.75. The third-order valence-electron chi connectivity index (χ3n) is 2.83. The molecule has 1 aromatic carbocycles. The Morgan fingerprint density at radius 3 is 2.88 bits per heavy atom. The molecule has 92 valence electrons. The van der Waals surface area contributed by atoms with Gasteiger partial charge in [-0.2, -0.15) is 0 Å². The second-order valence-corrected chi connectivity index (χ2v) is 4.13. The minimum absolute atomic E-state index is 0.0611. The van der Waals surface area contributed by atoms with Crippen LogP contribution in [0.2, 0.25) is 0 Å². The number of aromatic amines is 1. The summed E-state index contributed by atoms with van der Waals surface area (Å²) < 4.78 is 26.4. The van der Waals surface area contributed by atoms with Crippen molar-refractivity contribution < 1.29 is 8.78 Å². The predicted octanol–water partition coefficient (Wildman–Crippen LogP) is 2.73. The standard InChI is InChI=1S/C12H15F2N3/c1-3-7(2)15-6-10-16-9-5-4-8(13)11(14)12(9)17-10/h4-5,7,15H,3,6H2,1-2H3,(H,16,17). The summed E-state index contributed by atoms with van der Waals surface area (Å²) in [5.41, 5.74) is 0.579. The number of hydrogen-bond acceptors (Lipinski definition) is 2. The first kappa shape index (κ1) is 12.0. The minimum Gasteiger partial charge on any atom is -0.341 e. The van der Waals surface area contributed by atoms with Gasteiger partial charge in [-0.3, -0.25) is 0 Å². The topological polar surface area (TPSA) is 40.7 Å². The number of halogens is 2. The number of aromatic nitrogens is 2. The summed E-state index contributed by atoms with van der Waals surface area (Å²) in [6, 6.07) is 2.96. The molecule has 1 atom stereocenters. The molecule has 1 unspecified atom stereocenters. The fourth-order valence-corrected chi connectivity index (χ4v) is 1.57. The number of rotatable bonds is 4. The molecule has 0 aliphatic carbocycles. The van der Waals surface area contributed by atoms with Crippen molar-refractivity contribution in [2.45, 2.75) is 32.9 Å². The van der Waals surface area contributed by atoms with Gasteiger partial charge >= 0.3 is 0 Å². The van der Waals surface area contributed by atoms with Crippen LogP contribution in [0.15, 0.2) is 12.1 Å². The van der Waals surface area contributed by atoms with Crippen LogP contribution in [0, 0.1) is 11.6 Å². The summed E-state index contributed by atoms with van der Waals surface area (Å²) in [4.78, 5) is 7.01. The van der Waals surface area contributed by atoms with Crippen LogP contribution in [0.1, 0.15) is 26.1 Å². The SMILES string of the molecule is CCC(C)NCc1nc2c(F)c(F)ccc2[nH]1. The third-order valence-corrected chi connectivity index (χ3v) is 2.83. The van der Waals surface area contributed by atoms with E-state index in [9.17, 15) is 8.78 Å². The van der Waals surface area contributed by atoms with Crippen molar-refractivity contribution in [3.8, 4) is 0 Å². The molecule has 0 aliphatic heterocycles. The van der Waals surface area contributed by atoms with Crippen LogP contribution in [0.5, 0.6) is 0 Å². The lowest BCUT2D eigenvalue weighted by molar-refractivity contribution is 0.514. The van der Waals surface area contributed by atoms with Gasteiger partial charge in [0, 0.05) is 6.04 Å². The Kier molecular flexibility index (Phi) is 3.38. The summed E-state index contributed by atoms with van der Waals surface area (Å²) in [5, 5.41) is 3.23. The lowest BCUT2D eigenvalue weighted by atomic mass is 10.2. The monoisotopic (exact) mass is 239 g/mol. The van der Waals surface area contributed by atoms with Crippen LogP contribution in [-0.4, -0.2) is 16.0 Å². The van der Waals surface area contributed by atoms with Gasteiger partial charge in [-0.15, -0.1) is 0 Å². The molecule has 5 heteroatoms. The quantitative estimate of drug-likeness (QED) is 0.861. The van der Waals surface area contributed by atoms with E-state index in [1.165, 1.54) is 6.07 Å². The van der Waals surface area contributed by atoms with Gasteiger partial charge in [0.25, 0.3) is 0 Å². The zero-order valence-corrected chi connectivity index (χ0v) is 9.85. The maximum atomic E-state index is 13.4. The Balaban J connectivity index is 2.23. The lowest BCUT2D eigenvalue weighted by Gasteiger charge is -2.08. The first-order chi connectivity index (χ1) is 8.11. The number of nitrogens with one attached hydrogen (secondary N) is 2. The van der Waals surface area contributed by atoms with E-state index >= 15 is 0 Å². The van der Waals surface area contributed by atoms with Gasteiger partial charge in [-0.25, -0.2) is 13.8 Å². The third kappa shape index (κ3) is 2.44. The highest BCUT2D eigenvalue weighted by Crippen LogP contribution is 2.18. The second-order valence-electron chi connectivity index (χ2n) is 4.13. The maximum absolute atomic E-state index is 13.4. The van der Waals surface area contributed by atoms with Gasteiger partial charge in [-0.1, -0.05) is 6.92 Å². The van der Waals surface area contributed by atoms with Gasteiger partial charge in [0.2, 0.25) is 0 Å². The lowest BCUT2D eigenvalue weighted by Crippen LogP contribution is -2.24. The van der Waals surface area contributed by atoms with Crippen LogP contribution in [0.25, 0.3) is 11.0 Å². The molecule has 2 aromatic rings. The fourth-order valence-electron chi connectivity index (χ4n) is 1.57. The molecule has 0 spiro atoms. The molecule has 1 aromatic heterocycles. The van der Waals surface area contributed by atoms with Crippen LogP contribution in [0.3, 0.4) is 0 Å². The van der Waals surface area contributed by atoms with Crippen molar-refractivity contribution in [1.82, 2.24) is 15.3 Å². The molecule has 1 heterocycles. The van der Waals surface area contributed by atoms with Crippen LogP contribution >= 0.6 is 0 Å². The van der Waals surface area contributed by atoms with Crippen molar-refractivity contribution in [3.05, 3.63) is 29.6 Å². The second kappa shape index (κ2) is 4.79. The number of imidazole rings is 1. The molecule has 0 saturated heterocycles. The number of nitrogens with zero attached hydrogens (tertiary/aromatic N) is 1. The molecular formula is C12H15F2N3. The van der Waals surface area contributed by atoms with E-state index in [2.05, 4.69) is 29.1 Å². The minimum atomic E-state index is -0.895. The van der Waals surface area contributed by atoms with E-state index in [0.717, 1.165) is 12.5 Å². The number of hydrogen-bond donors (Lipinski definition) is 2. The molecule has 0 radical (unpaired) electrons. The summed E-state index contributed by atoms with van der Waals surface area (Å²) in [6.45, 7) is 4.65. The molecule has 0 bridgehead atoms. The zero-order chi connectivity index (χ0) is 12.4. The average molecular weight is 239 g/mol. The van der Waals surface area contributed by atoms with Crippen molar-refractivity contribution in [2.24, 2.45) is 0 Å². The average Bonchev–Trinajstić information content (AvgIpc) is 2.75. The Bertz CT molecular complexity index is 522. The van der Waals surface area contributed by atoms with Crippen molar-refractivity contribution in [1.29, 1.82) is 0 Å². The van der Waals surface area contributed by atoms with E-state index in [0.29, 0.717) is 23.9 Å². The predicted molar refractivity (Wildman–Crippen MR) is 62.6 cm³/mol. The van der Waals surface area contributed by atoms with Crippen LogP contribution < -0.4 is 5.32 Å². The van der Waals surface area contributed by atoms with Gasteiger partial charge in [0.15, 0.2) is 11.6 Å². The first-order valence-electron chi connectivity index (χ1n) is 5.67. The van der Waals surface area contributed by atoms with Crippen molar-refractivity contribution >= 4 is 11.0 Å². The molecule has 0 aliphatic rings. The Morgan fingerprint density at radius 1 is 1.41 bits per heavy atom. The summed E-state index contributed by atoms with van der Waals surface area (Å²) >= 11 is 0. The number of fused-ring (bicyclic) bond motifs is 1. The summed E-state index contributed by atoms with van der Waals surface area (Å²) in [7, 11) is 0. The fraction of sp³-hybridized carbons (Fsp3) is 0.417. The van der Waals surface area contributed by atoms with E-state index in [-0.39, 0.29) is 5.52 Å². The van der Waals surface area contributed by atoms with Gasteiger partial charge < -0.3 is 10.3 Å². The van der Waals surface area contributed by atoms with E-state index in [1.807, 2.05) is 0 Å². The van der Waals surface area contributed by atoms with Crippen LogP contribution in [0.4, 0.5) is 8.78 Å². The van der Waals surface area contributed by atoms with Crippen LogP contribution in [-0.2, 0) is 6.54 Å².